The number of rotatable bonds is 4. The van der Waals surface area contributed by atoms with Gasteiger partial charge in [-0.2, -0.15) is 4.39 Å². The third-order valence-electron chi connectivity index (χ3n) is 4.97. The molecule has 3 heterocycles. The highest BCUT2D eigenvalue weighted by atomic mass is 32.2. The number of aliphatic hydroxyl groups excluding tert-OH is 1. The smallest absolute Gasteiger partial charge is 0.257 e. The number of hydrogen-bond donors (Lipinski definition) is 3. The molecule has 0 radical (unpaired) electrons. The lowest BCUT2D eigenvalue weighted by atomic mass is 10.1. The number of benzene rings is 1. The van der Waals surface area contributed by atoms with Gasteiger partial charge < -0.3 is 25.0 Å². The van der Waals surface area contributed by atoms with Gasteiger partial charge in [-0.05, 0) is 13.0 Å². The molecule has 3 N–H and O–H groups in total. The van der Waals surface area contributed by atoms with Gasteiger partial charge in [0.2, 0.25) is 11.2 Å². The third kappa shape index (κ3) is 3.76. The number of ether oxygens (including phenoxy) is 1. The molecule has 0 spiro atoms. The molecule has 31 heavy (non-hydrogen) atoms. The minimum Gasteiger partial charge on any atom is -0.486 e. The number of nitrogens with zero attached hydrogens (tertiary/aromatic N) is 2. The van der Waals surface area contributed by atoms with Gasteiger partial charge in [0.1, 0.15) is 18.2 Å². The summed E-state index contributed by atoms with van der Waals surface area (Å²) in [5.41, 5.74) is -1.18. The molecule has 164 valence electrons. The molecular formula is C19H18F2N4O5S. The molecule has 0 aliphatic carbocycles. The van der Waals surface area contributed by atoms with E-state index >= 15 is 0 Å². The van der Waals surface area contributed by atoms with Crippen LogP contribution in [0.5, 0.6) is 5.75 Å². The molecule has 0 saturated carbocycles. The maximum absolute atomic E-state index is 14.2. The van der Waals surface area contributed by atoms with Crippen LogP contribution in [0.4, 0.5) is 8.78 Å². The second-order valence-corrected chi connectivity index (χ2v) is 8.15. The Balaban J connectivity index is 1.70. The van der Waals surface area contributed by atoms with E-state index in [1.54, 1.807) is 6.92 Å². The molecule has 2 aromatic rings. The summed E-state index contributed by atoms with van der Waals surface area (Å²) in [6.07, 6.45) is 1.22. The molecule has 4 rings (SSSR count). The van der Waals surface area contributed by atoms with Gasteiger partial charge in [0.05, 0.1) is 30.1 Å². The van der Waals surface area contributed by atoms with Gasteiger partial charge in [-0.3, -0.25) is 19.4 Å². The molecule has 2 amide bonds. The van der Waals surface area contributed by atoms with E-state index in [0.29, 0.717) is 17.5 Å². The number of pyridine rings is 1. The number of carbonyl (C=O) groups is 2. The highest BCUT2D eigenvalue weighted by Crippen LogP contribution is 2.35. The molecule has 1 aromatic carbocycles. The van der Waals surface area contributed by atoms with E-state index in [9.17, 15) is 28.3 Å². The van der Waals surface area contributed by atoms with Crippen molar-refractivity contribution in [2.75, 3.05) is 25.5 Å². The van der Waals surface area contributed by atoms with Crippen LogP contribution in [-0.2, 0) is 4.79 Å². The van der Waals surface area contributed by atoms with Crippen LogP contribution in [0.3, 0.4) is 0 Å². The number of halogens is 2. The first-order valence-electron chi connectivity index (χ1n) is 9.41. The van der Waals surface area contributed by atoms with Crippen molar-refractivity contribution in [3.63, 3.8) is 0 Å². The Bertz CT molecular complexity index is 1180. The normalized spacial score (nSPS) is 18.3. The van der Waals surface area contributed by atoms with Crippen LogP contribution in [0.1, 0.15) is 23.3 Å². The highest BCUT2D eigenvalue weighted by Gasteiger charge is 2.29. The zero-order valence-corrected chi connectivity index (χ0v) is 17.1. The molecule has 0 saturated heterocycles. The summed E-state index contributed by atoms with van der Waals surface area (Å²) < 4.78 is 34.9. The number of thioether (sulfide) groups is 1. The van der Waals surface area contributed by atoms with Gasteiger partial charge in [0.25, 0.3) is 11.8 Å². The number of amides is 2. The Kier molecular flexibility index (Phi) is 5.67. The molecule has 1 aromatic heterocycles. The summed E-state index contributed by atoms with van der Waals surface area (Å²) in [4.78, 5) is 42.1. The van der Waals surface area contributed by atoms with Crippen LogP contribution >= 0.6 is 11.8 Å². The molecule has 9 nitrogen and oxygen atoms in total. The van der Waals surface area contributed by atoms with E-state index in [1.165, 1.54) is 22.5 Å². The Morgan fingerprint density at radius 2 is 2.23 bits per heavy atom. The Morgan fingerprint density at radius 1 is 1.45 bits per heavy atom. The van der Waals surface area contributed by atoms with Gasteiger partial charge in [-0.25, -0.2) is 4.39 Å². The third-order valence-corrected chi connectivity index (χ3v) is 5.87. The summed E-state index contributed by atoms with van der Waals surface area (Å²) in [6, 6.07) is -0.993. The average Bonchev–Trinajstić information content (AvgIpc) is 3.25. The largest absolute Gasteiger partial charge is 0.486 e. The maximum Gasteiger partial charge on any atom is 0.257 e. The molecule has 1 unspecified atom stereocenters. The van der Waals surface area contributed by atoms with Gasteiger partial charge in [-0.1, -0.05) is 11.8 Å². The molecule has 2 atom stereocenters. The number of amidine groups is 1. The number of hydrogen-bond acceptors (Lipinski definition) is 7. The fourth-order valence-electron chi connectivity index (χ4n) is 3.39. The van der Waals surface area contributed by atoms with Gasteiger partial charge >= 0.3 is 0 Å². The second kappa shape index (κ2) is 8.27. The summed E-state index contributed by atoms with van der Waals surface area (Å²) in [5, 5.41) is 14.5. The quantitative estimate of drug-likeness (QED) is 0.623. The van der Waals surface area contributed by atoms with Crippen molar-refractivity contribution in [2.45, 2.75) is 19.0 Å². The Labute approximate surface area is 178 Å². The summed E-state index contributed by atoms with van der Waals surface area (Å²) in [7, 11) is 0. The van der Waals surface area contributed by atoms with Crippen LogP contribution in [0.2, 0.25) is 0 Å². The topological polar surface area (TPSA) is 122 Å². The standard InChI is InChI=1S/C19H18F2N4O5S/c1-8-7-30-16-13(21)11(20)4-9-14(16)25(8)5-10(15(9)27)17(28)23-12(6-26)18(29)24-19-22-2-3-31-19/h4-5,8,12,26H,2-3,6-7H2,1H3,(H,23,28)(H,22,24,29)/t8?,12-/m0/s1. The lowest BCUT2D eigenvalue weighted by Crippen LogP contribution is -2.50. The number of nitrogens with one attached hydrogen (secondary N) is 2. The fourth-order valence-corrected chi connectivity index (χ4v) is 4.12. The fraction of sp³-hybridized carbons (Fsp3) is 0.368. The number of aliphatic hydroxyl groups is 1. The van der Waals surface area contributed by atoms with E-state index in [1.807, 2.05) is 0 Å². The zero-order valence-electron chi connectivity index (χ0n) is 16.3. The van der Waals surface area contributed by atoms with Crippen LogP contribution in [0, 0.1) is 11.6 Å². The SMILES string of the molecule is CC1COc2c(F)c(F)cc3c(=O)c(C(=O)N[C@@H](CO)C(=O)NC4=NCCS4)cn1c23. The van der Waals surface area contributed by atoms with Crippen molar-refractivity contribution < 1.29 is 28.2 Å². The van der Waals surface area contributed by atoms with E-state index in [2.05, 4.69) is 15.6 Å². The summed E-state index contributed by atoms with van der Waals surface area (Å²) in [5.74, 6) is -3.79. The van der Waals surface area contributed by atoms with Crippen molar-refractivity contribution in [3.05, 3.63) is 39.7 Å². The van der Waals surface area contributed by atoms with E-state index < -0.39 is 41.5 Å². The van der Waals surface area contributed by atoms with E-state index in [-0.39, 0.29) is 34.9 Å². The van der Waals surface area contributed by atoms with Crippen LogP contribution in [0.25, 0.3) is 10.9 Å². The number of aliphatic imine (C=N–C) groups is 1. The van der Waals surface area contributed by atoms with E-state index in [0.717, 1.165) is 6.07 Å². The molecule has 0 bridgehead atoms. The predicted octanol–water partition coefficient (Wildman–Crippen LogP) is 0.543. The lowest BCUT2D eigenvalue weighted by molar-refractivity contribution is -0.122. The summed E-state index contributed by atoms with van der Waals surface area (Å²) in [6.45, 7) is 1.56. The van der Waals surface area contributed by atoms with Crippen LogP contribution in [-0.4, -0.2) is 58.2 Å². The van der Waals surface area contributed by atoms with Gasteiger partial charge in [0.15, 0.2) is 16.7 Å². The monoisotopic (exact) mass is 452 g/mol. The first-order valence-corrected chi connectivity index (χ1v) is 10.4. The number of carbonyl (C=O) groups excluding carboxylic acids is 2. The lowest BCUT2D eigenvalue weighted by Gasteiger charge is -2.27. The second-order valence-electron chi connectivity index (χ2n) is 7.07. The van der Waals surface area contributed by atoms with Gasteiger partial charge in [-0.15, -0.1) is 0 Å². The van der Waals surface area contributed by atoms with Crippen molar-refractivity contribution in [3.8, 4) is 5.75 Å². The maximum atomic E-state index is 14.2. The van der Waals surface area contributed by atoms with Crippen molar-refractivity contribution in [1.82, 2.24) is 15.2 Å². The highest BCUT2D eigenvalue weighted by molar-refractivity contribution is 8.14. The minimum atomic E-state index is -1.34. The first kappa shape index (κ1) is 21.2. The molecule has 0 fully saturated rings. The van der Waals surface area contributed by atoms with Crippen molar-refractivity contribution in [2.24, 2.45) is 4.99 Å². The first-order chi connectivity index (χ1) is 14.8. The van der Waals surface area contributed by atoms with E-state index in [4.69, 9.17) is 4.74 Å². The average molecular weight is 452 g/mol. The molecule has 2 aliphatic rings. The van der Waals surface area contributed by atoms with Crippen molar-refractivity contribution >= 4 is 39.6 Å². The summed E-state index contributed by atoms with van der Waals surface area (Å²) >= 11 is 1.33. The van der Waals surface area contributed by atoms with Crippen LogP contribution in [0.15, 0.2) is 22.1 Å². The molecule has 2 aliphatic heterocycles. The Morgan fingerprint density at radius 3 is 2.90 bits per heavy atom. The van der Waals surface area contributed by atoms with Crippen LogP contribution < -0.4 is 20.8 Å². The molecular weight excluding hydrogens is 434 g/mol. The predicted molar refractivity (Wildman–Crippen MR) is 110 cm³/mol. The van der Waals surface area contributed by atoms with Crippen molar-refractivity contribution in [1.29, 1.82) is 0 Å². The molecule has 12 heteroatoms. The van der Waals surface area contributed by atoms with Gasteiger partial charge in [0, 0.05) is 11.9 Å². The Hall–Kier alpha value is -2.99. The minimum absolute atomic E-state index is 0.00779. The zero-order chi connectivity index (χ0) is 22.3. The number of aromatic nitrogens is 1.